The number of nitrogens with zero attached hydrogens (tertiary/aromatic N) is 1. The fourth-order valence-electron chi connectivity index (χ4n) is 3.82. The maximum atomic E-state index is 4.29. The van der Waals surface area contributed by atoms with Gasteiger partial charge in [0.25, 0.3) is 0 Å². The Bertz CT molecular complexity index is 1150. The van der Waals surface area contributed by atoms with Crippen LogP contribution in [0, 0.1) is 6.92 Å². The summed E-state index contributed by atoms with van der Waals surface area (Å²) >= 11 is 0. The second-order valence-electron chi connectivity index (χ2n) is 8.90. The Labute approximate surface area is 200 Å². The molecular formula is C31H36N2. The Morgan fingerprint density at radius 3 is 2.27 bits per heavy atom. The van der Waals surface area contributed by atoms with E-state index in [1.54, 1.807) is 0 Å². The topological polar surface area (TPSA) is 15.3 Å². The van der Waals surface area contributed by atoms with Crippen LogP contribution in [0.15, 0.2) is 103 Å². The fourth-order valence-corrected chi connectivity index (χ4v) is 3.82. The molecule has 1 saturated carbocycles. The third-order valence-electron chi connectivity index (χ3n) is 5.77. The number of allylic oxidation sites excluding steroid dienone is 8. The molecule has 1 fully saturated rings. The van der Waals surface area contributed by atoms with Crippen LogP contribution in [0.25, 0.3) is 17.2 Å². The molecule has 33 heavy (non-hydrogen) atoms. The Hall–Kier alpha value is -3.52. The lowest BCUT2D eigenvalue weighted by Gasteiger charge is -2.26. The Morgan fingerprint density at radius 1 is 1.00 bits per heavy atom. The second kappa shape index (κ2) is 10.9. The van der Waals surface area contributed by atoms with E-state index in [9.17, 15) is 0 Å². The lowest BCUT2D eigenvalue weighted by atomic mass is 9.97. The van der Waals surface area contributed by atoms with Gasteiger partial charge in [-0.3, -0.25) is 0 Å². The van der Waals surface area contributed by atoms with Gasteiger partial charge in [-0.05, 0) is 67.5 Å². The van der Waals surface area contributed by atoms with Crippen molar-refractivity contribution in [3.05, 3.63) is 125 Å². The minimum atomic E-state index is 1.03. The number of hydrogen-bond donors (Lipinski definition) is 1. The Morgan fingerprint density at radius 2 is 1.70 bits per heavy atom. The van der Waals surface area contributed by atoms with Crippen LogP contribution in [0.1, 0.15) is 48.9 Å². The first-order valence-corrected chi connectivity index (χ1v) is 11.5. The lowest BCUT2D eigenvalue weighted by Crippen LogP contribution is -2.27. The van der Waals surface area contributed by atoms with E-state index < -0.39 is 0 Å². The van der Waals surface area contributed by atoms with Gasteiger partial charge in [0.1, 0.15) is 5.82 Å². The molecule has 0 amide bonds. The summed E-state index contributed by atoms with van der Waals surface area (Å²) in [6.07, 6.45) is 10.7. The van der Waals surface area contributed by atoms with Gasteiger partial charge in [-0.25, -0.2) is 0 Å². The van der Waals surface area contributed by atoms with E-state index in [1.807, 2.05) is 18.2 Å². The quantitative estimate of drug-likeness (QED) is 0.404. The Balaban J connectivity index is 2.15. The first kappa shape index (κ1) is 24.1. The smallest absolute Gasteiger partial charge is 0.113 e. The number of benzene rings is 2. The monoisotopic (exact) mass is 436 g/mol. The summed E-state index contributed by atoms with van der Waals surface area (Å²) in [6, 6.07) is 17.1. The van der Waals surface area contributed by atoms with Crippen LogP contribution < -0.4 is 5.32 Å². The molecule has 0 unspecified atom stereocenters. The highest BCUT2D eigenvalue weighted by atomic mass is 15.2. The van der Waals surface area contributed by atoms with Crippen LogP contribution in [0.2, 0.25) is 0 Å². The maximum absolute atomic E-state index is 4.29. The van der Waals surface area contributed by atoms with E-state index in [4.69, 9.17) is 0 Å². The second-order valence-corrected chi connectivity index (χ2v) is 8.90. The van der Waals surface area contributed by atoms with E-state index in [2.05, 4.69) is 113 Å². The zero-order chi connectivity index (χ0) is 24.0. The van der Waals surface area contributed by atoms with Gasteiger partial charge in [0.05, 0.1) is 0 Å². The summed E-state index contributed by atoms with van der Waals surface area (Å²) in [6.45, 7) is 14.5. The third kappa shape index (κ3) is 6.26. The summed E-state index contributed by atoms with van der Waals surface area (Å²) in [5.74, 6) is 1.04. The summed E-state index contributed by atoms with van der Waals surface area (Å²) in [5.41, 5.74) is 10.8. The van der Waals surface area contributed by atoms with Gasteiger partial charge < -0.3 is 10.2 Å². The molecule has 2 aromatic carbocycles. The zero-order valence-corrected chi connectivity index (χ0v) is 20.7. The molecule has 0 aliphatic heterocycles. The molecule has 1 aliphatic rings. The van der Waals surface area contributed by atoms with Gasteiger partial charge in [0.15, 0.2) is 0 Å². The largest absolute Gasteiger partial charge is 0.364 e. The normalized spacial score (nSPS) is 14.4. The van der Waals surface area contributed by atoms with Crippen molar-refractivity contribution in [3.63, 3.8) is 0 Å². The molecule has 0 saturated heterocycles. The van der Waals surface area contributed by atoms with Gasteiger partial charge in [-0.1, -0.05) is 85.5 Å². The molecule has 0 bridgehead atoms. The molecular weight excluding hydrogens is 400 g/mol. The number of hydrogen-bond acceptors (Lipinski definition) is 2. The number of aryl methyl sites for hydroxylation is 1. The first-order chi connectivity index (χ1) is 15.8. The van der Waals surface area contributed by atoms with Crippen molar-refractivity contribution < 1.29 is 0 Å². The molecule has 1 aliphatic carbocycles. The fraction of sp³-hybridized carbons (Fsp3) is 0.226. The van der Waals surface area contributed by atoms with Crippen molar-refractivity contribution in [2.75, 3.05) is 14.1 Å². The average molecular weight is 437 g/mol. The van der Waals surface area contributed by atoms with Crippen molar-refractivity contribution in [1.29, 1.82) is 0 Å². The van der Waals surface area contributed by atoms with Crippen molar-refractivity contribution >= 4 is 17.2 Å². The molecule has 3 rings (SSSR count). The van der Waals surface area contributed by atoms with Crippen LogP contribution >= 0.6 is 0 Å². The average Bonchev–Trinajstić information content (AvgIpc) is 3.61. The van der Waals surface area contributed by atoms with Gasteiger partial charge >= 0.3 is 0 Å². The third-order valence-corrected chi connectivity index (χ3v) is 5.77. The highest BCUT2D eigenvalue weighted by Gasteiger charge is 2.17. The van der Waals surface area contributed by atoms with Gasteiger partial charge in [0.2, 0.25) is 0 Å². The molecule has 0 aromatic heterocycles. The maximum Gasteiger partial charge on any atom is 0.113 e. The molecule has 2 heteroatoms. The predicted octanol–water partition coefficient (Wildman–Crippen LogP) is 7.74. The van der Waals surface area contributed by atoms with Crippen LogP contribution in [0.4, 0.5) is 0 Å². The summed E-state index contributed by atoms with van der Waals surface area (Å²) in [4.78, 5) is 2.13. The molecule has 0 heterocycles. The highest BCUT2D eigenvalue weighted by molar-refractivity contribution is 5.82. The van der Waals surface area contributed by atoms with Gasteiger partial charge in [-0.2, -0.15) is 0 Å². The molecule has 170 valence electrons. The van der Waals surface area contributed by atoms with Crippen LogP contribution in [-0.2, 0) is 0 Å². The molecule has 0 atom stereocenters. The van der Waals surface area contributed by atoms with Crippen LogP contribution in [0.5, 0.6) is 0 Å². The lowest BCUT2D eigenvalue weighted by molar-refractivity contribution is 0.480. The Kier molecular flexibility index (Phi) is 7.95. The summed E-state index contributed by atoms with van der Waals surface area (Å²) in [5, 5.41) is 3.75. The van der Waals surface area contributed by atoms with E-state index in [-0.39, 0.29) is 0 Å². The standard InChI is InChI=1S/C31H36N2/c1-8-9-13-27-21-28(19-16-23(27)4)29(20-25-17-18-25)24(5)32-31(33(6)7)30(22(2)3)26-14-11-10-12-15-26/h8-16,19-21,32H,1-2,17-18H2,3-7H3/b13-9-,29-24+,31-30+. The van der Waals surface area contributed by atoms with E-state index in [0.717, 1.165) is 28.2 Å². The van der Waals surface area contributed by atoms with Crippen LogP contribution in [0.3, 0.4) is 0 Å². The molecule has 0 spiro atoms. The summed E-state index contributed by atoms with van der Waals surface area (Å²) < 4.78 is 0. The molecule has 2 nitrogen and oxygen atoms in total. The molecule has 1 N–H and O–H groups in total. The van der Waals surface area contributed by atoms with Crippen molar-refractivity contribution in [2.45, 2.75) is 33.6 Å². The number of nitrogens with one attached hydrogen (secondary N) is 1. The highest BCUT2D eigenvalue weighted by Crippen LogP contribution is 2.34. The minimum Gasteiger partial charge on any atom is -0.364 e. The van der Waals surface area contributed by atoms with Crippen LogP contribution in [-0.4, -0.2) is 19.0 Å². The zero-order valence-electron chi connectivity index (χ0n) is 20.7. The van der Waals surface area contributed by atoms with E-state index >= 15 is 0 Å². The number of rotatable bonds is 9. The minimum absolute atomic E-state index is 1.03. The summed E-state index contributed by atoms with van der Waals surface area (Å²) in [7, 11) is 4.15. The molecule has 2 aromatic rings. The van der Waals surface area contributed by atoms with E-state index in [0.29, 0.717) is 0 Å². The molecule has 0 radical (unpaired) electrons. The van der Waals surface area contributed by atoms with Crippen molar-refractivity contribution in [2.24, 2.45) is 0 Å². The first-order valence-electron chi connectivity index (χ1n) is 11.5. The van der Waals surface area contributed by atoms with Crippen molar-refractivity contribution in [3.8, 4) is 0 Å². The van der Waals surface area contributed by atoms with Gasteiger partial charge in [-0.15, -0.1) is 0 Å². The van der Waals surface area contributed by atoms with E-state index in [1.165, 1.54) is 40.7 Å². The van der Waals surface area contributed by atoms with Gasteiger partial charge in [0, 0.05) is 30.9 Å². The SMILES string of the molecule is C=C/C=C\c1cc(/C(C=C2CC2)=C(\C)N/C(=C(/C(=C)C)c2ccccc2)N(C)C)ccc1C. The predicted molar refractivity (Wildman–Crippen MR) is 145 cm³/mol. The van der Waals surface area contributed by atoms with Crippen molar-refractivity contribution in [1.82, 2.24) is 10.2 Å².